The molecule has 7 heteroatoms. The molecule has 1 N–H and O–H groups in total. The molecule has 164 valence electrons. The molecule has 0 saturated carbocycles. The number of nitrogens with zero attached hydrogens (tertiary/aromatic N) is 3. The van der Waals surface area contributed by atoms with Crippen LogP contribution >= 0.6 is 0 Å². The summed E-state index contributed by atoms with van der Waals surface area (Å²) in [5.74, 6) is 1.84. The Morgan fingerprint density at radius 1 is 1.23 bits per heavy atom. The number of pyridine rings is 1. The Hall–Kier alpha value is -2.64. The van der Waals surface area contributed by atoms with Crippen LogP contribution in [0.15, 0.2) is 24.3 Å². The monoisotopic (exact) mass is 423 g/mol. The number of hydrogen-bond donors (Lipinski definition) is 1. The number of rotatable bonds is 5. The molecule has 1 amide bonds. The highest BCUT2D eigenvalue weighted by Crippen LogP contribution is 2.31. The summed E-state index contributed by atoms with van der Waals surface area (Å²) in [6, 6.07) is 8.01. The van der Waals surface area contributed by atoms with E-state index in [4.69, 9.17) is 14.5 Å². The third-order valence-corrected chi connectivity index (χ3v) is 6.61. The highest BCUT2D eigenvalue weighted by atomic mass is 16.5. The average Bonchev–Trinajstić information content (AvgIpc) is 3.37. The molecule has 1 saturated heterocycles. The first kappa shape index (κ1) is 20.3. The normalized spacial score (nSPS) is 19.5. The summed E-state index contributed by atoms with van der Waals surface area (Å²) in [6.07, 6.45) is 2.05. The Balaban J connectivity index is 1.25. The number of carbonyl (C=O) groups is 1. The SMILES string of the molecule is Cc1cc2c(nc1N1CCC(Oc3ccc4c(c3)COC4)CC1)CN(C(C)CO)C2=O. The Morgan fingerprint density at radius 3 is 2.77 bits per heavy atom. The number of aromatic nitrogens is 1. The molecule has 4 heterocycles. The third-order valence-electron chi connectivity index (χ3n) is 6.61. The van der Waals surface area contributed by atoms with Crippen LogP contribution in [-0.4, -0.2) is 52.7 Å². The van der Waals surface area contributed by atoms with E-state index in [2.05, 4.69) is 17.0 Å². The van der Waals surface area contributed by atoms with Crippen LogP contribution < -0.4 is 9.64 Å². The van der Waals surface area contributed by atoms with Crippen molar-refractivity contribution in [3.8, 4) is 5.75 Å². The fourth-order valence-corrected chi connectivity index (χ4v) is 4.71. The number of carbonyl (C=O) groups excluding carboxylic acids is 1. The number of ether oxygens (including phenoxy) is 2. The molecule has 5 rings (SSSR count). The second kappa shape index (κ2) is 8.13. The maximum Gasteiger partial charge on any atom is 0.256 e. The van der Waals surface area contributed by atoms with Crippen molar-refractivity contribution in [3.05, 3.63) is 52.2 Å². The van der Waals surface area contributed by atoms with Crippen LogP contribution in [-0.2, 0) is 24.5 Å². The Bertz CT molecular complexity index is 1000. The van der Waals surface area contributed by atoms with E-state index in [0.717, 1.165) is 48.8 Å². The molecule has 3 aliphatic heterocycles. The highest BCUT2D eigenvalue weighted by Gasteiger charge is 2.33. The summed E-state index contributed by atoms with van der Waals surface area (Å²) in [5.41, 5.74) is 4.98. The minimum atomic E-state index is -0.205. The van der Waals surface area contributed by atoms with E-state index in [1.165, 1.54) is 11.1 Å². The Kier molecular flexibility index (Phi) is 5.32. The molecule has 1 fully saturated rings. The average molecular weight is 424 g/mol. The van der Waals surface area contributed by atoms with Crippen LogP contribution in [0.4, 0.5) is 5.82 Å². The minimum Gasteiger partial charge on any atom is -0.490 e. The molecular formula is C24H29N3O4. The molecule has 1 atom stereocenters. The number of aliphatic hydroxyl groups excluding tert-OH is 1. The van der Waals surface area contributed by atoms with Gasteiger partial charge in [-0.15, -0.1) is 0 Å². The smallest absolute Gasteiger partial charge is 0.256 e. The van der Waals surface area contributed by atoms with Gasteiger partial charge in [-0.25, -0.2) is 4.98 Å². The first-order valence-electron chi connectivity index (χ1n) is 11.1. The molecule has 31 heavy (non-hydrogen) atoms. The van der Waals surface area contributed by atoms with Crippen LogP contribution in [0.2, 0.25) is 0 Å². The quantitative estimate of drug-likeness (QED) is 0.797. The second-order valence-electron chi connectivity index (χ2n) is 8.82. The molecule has 7 nitrogen and oxygen atoms in total. The van der Waals surface area contributed by atoms with Gasteiger partial charge in [0.25, 0.3) is 5.91 Å². The van der Waals surface area contributed by atoms with Gasteiger partial charge in [0.05, 0.1) is 43.7 Å². The van der Waals surface area contributed by atoms with Crippen LogP contribution in [0.3, 0.4) is 0 Å². The van der Waals surface area contributed by atoms with Crippen LogP contribution in [0, 0.1) is 6.92 Å². The predicted octanol–water partition coefficient (Wildman–Crippen LogP) is 2.80. The van der Waals surface area contributed by atoms with Crippen LogP contribution in [0.5, 0.6) is 5.75 Å². The van der Waals surface area contributed by atoms with Gasteiger partial charge in [-0.05, 0) is 48.7 Å². The zero-order valence-electron chi connectivity index (χ0n) is 18.1. The number of anilines is 1. The molecule has 0 spiro atoms. The van der Waals surface area contributed by atoms with Gasteiger partial charge in [0.2, 0.25) is 0 Å². The standard InChI is InChI=1S/C24H29N3O4/c1-15-9-21-22(11-27(24(21)29)16(2)12-28)25-23(15)26-7-5-19(6-8-26)31-20-4-3-17-13-30-14-18(17)10-20/h3-4,9-10,16,19,28H,5-8,11-14H2,1-2H3. The lowest BCUT2D eigenvalue weighted by atomic mass is 10.1. The van der Waals surface area contributed by atoms with Gasteiger partial charge in [0.1, 0.15) is 17.7 Å². The lowest BCUT2D eigenvalue weighted by Gasteiger charge is -2.34. The fraction of sp³-hybridized carbons (Fsp3) is 0.500. The van der Waals surface area contributed by atoms with E-state index in [1.54, 1.807) is 4.90 Å². The number of amides is 1. The molecule has 0 radical (unpaired) electrons. The molecule has 1 aromatic carbocycles. The topological polar surface area (TPSA) is 75.1 Å². The number of aryl methyl sites for hydroxylation is 1. The molecule has 1 unspecified atom stereocenters. The summed E-state index contributed by atoms with van der Waals surface area (Å²) in [7, 11) is 0. The summed E-state index contributed by atoms with van der Waals surface area (Å²) in [6.45, 7) is 7.40. The first-order chi connectivity index (χ1) is 15.0. The van der Waals surface area contributed by atoms with Crippen molar-refractivity contribution in [2.45, 2.75) is 58.6 Å². The molecule has 3 aliphatic rings. The summed E-state index contributed by atoms with van der Waals surface area (Å²) in [5, 5.41) is 9.44. The van der Waals surface area contributed by atoms with Gasteiger partial charge >= 0.3 is 0 Å². The maximum absolute atomic E-state index is 12.7. The van der Waals surface area contributed by atoms with Crippen LogP contribution in [0.25, 0.3) is 0 Å². The van der Waals surface area contributed by atoms with Gasteiger partial charge in [-0.1, -0.05) is 6.07 Å². The van der Waals surface area contributed by atoms with E-state index in [1.807, 2.05) is 26.0 Å². The van der Waals surface area contributed by atoms with E-state index in [0.29, 0.717) is 25.3 Å². The number of benzene rings is 1. The number of fused-ring (bicyclic) bond motifs is 2. The maximum atomic E-state index is 12.7. The lowest BCUT2D eigenvalue weighted by Crippen LogP contribution is -2.39. The van der Waals surface area contributed by atoms with Crippen molar-refractivity contribution in [1.29, 1.82) is 0 Å². The van der Waals surface area contributed by atoms with E-state index in [9.17, 15) is 9.90 Å². The van der Waals surface area contributed by atoms with Gasteiger partial charge in [-0.3, -0.25) is 4.79 Å². The molecule has 0 bridgehead atoms. The summed E-state index contributed by atoms with van der Waals surface area (Å²) in [4.78, 5) is 21.5. The minimum absolute atomic E-state index is 0.0365. The van der Waals surface area contributed by atoms with Gasteiger partial charge in [-0.2, -0.15) is 0 Å². The Labute approximate surface area is 182 Å². The summed E-state index contributed by atoms with van der Waals surface area (Å²) < 4.78 is 11.8. The van der Waals surface area contributed by atoms with Crippen molar-refractivity contribution in [1.82, 2.24) is 9.88 Å². The van der Waals surface area contributed by atoms with Gasteiger partial charge < -0.3 is 24.4 Å². The molecular weight excluding hydrogens is 394 g/mol. The van der Waals surface area contributed by atoms with Crippen molar-refractivity contribution in [3.63, 3.8) is 0 Å². The highest BCUT2D eigenvalue weighted by molar-refractivity contribution is 5.98. The van der Waals surface area contributed by atoms with Crippen molar-refractivity contribution in [2.75, 3.05) is 24.6 Å². The third kappa shape index (κ3) is 3.77. The second-order valence-corrected chi connectivity index (χ2v) is 8.82. The number of aliphatic hydroxyl groups is 1. The molecule has 1 aromatic heterocycles. The van der Waals surface area contributed by atoms with Crippen LogP contribution in [0.1, 0.15) is 52.5 Å². The zero-order chi connectivity index (χ0) is 21.5. The van der Waals surface area contributed by atoms with E-state index < -0.39 is 0 Å². The molecule has 0 aliphatic carbocycles. The largest absolute Gasteiger partial charge is 0.490 e. The number of piperidine rings is 1. The van der Waals surface area contributed by atoms with Crippen molar-refractivity contribution in [2.24, 2.45) is 0 Å². The van der Waals surface area contributed by atoms with Gasteiger partial charge in [0.15, 0.2) is 0 Å². The number of hydrogen-bond acceptors (Lipinski definition) is 6. The Morgan fingerprint density at radius 2 is 2.00 bits per heavy atom. The lowest BCUT2D eigenvalue weighted by molar-refractivity contribution is 0.0643. The summed E-state index contributed by atoms with van der Waals surface area (Å²) >= 11 is 0. The van der Waals surface area contributed by atoms with Crippen molar-refractivity contribution < 1.29 is 19.4 Å². The van der Waals surface area contributed by atoms with Gasteiger partial charge in [0, 0.05) is 25.9 Å². The first-order valence-corrected chi connectivity index (χ1v) is 11.1. The van der Waals surface area contributed by atoms with E-state index >= 15 is 0 Å². The van der Waals surface area contributed by atoms with Crippen molar-refractivity contribution >= 4 is 11.7 Å². The predicted molar refractivity (Wildman–Crippen MR) is 116 cm³/mol. The fourth-order valence-electron chi connectivity index (χ4n) is 4.71. The van der Waals surface area contributed by atoms with E-state index in [-0.39, 0.29) is 24.7 Å². The zero-order valence-corrected chi connectivity index (χ0v) is 18.1. The molecule has 2 aromatic rings.